The third kappa shape index (κ3) is 10.3. The first kappa shape index (κ1) is 25.1. The summed E-state index contributed by atoms with van der Waals surface area (Å²) in [5, 5.41) is 7.87. The molecule has 2 aromatic rings. The third-order valence-electron chi connectivity index (χ3n) is 4.64. The van der Waals surface area contributed by atoms with Gasteiger partial charge in [0.15, 0.2) is 0 Å². The minimum atomic E-state index is -1.25. The van der Waals surface area contributed by atoms with Crippen molar-refractivity contribution in [2.24, 2.45) is 0 Å². The van der Waals surface area contributed by atoms with Crippen molar-refractivity contribution in [3.05, 3.63) is 71.8 Å². The van der Waals surface area contributed by atoms with Crippen molar-refractivity contribution in [3.8, 4) is 0 Å². The average Bonchev–Trinajstić information content (AvgIpc) is 2.69. The van der Waals surface area contributed by atoms with Crippen molar-refractivity contribution in [1.82, 2.24) is 0 Å². The molecule has 0 amide bonds. The number of carbonyl (C=O) groups is 1. The van der Waals surface area contributed by atoms with Gasteiger partial charge in [-0.05, 0) is 24.0 Å². The van der Waals surface area contributed by atoms with E-state index < -0.39 is 15.7 Å². The van der Waals surface area contributed by atoms with Gasteiger partial charge in [-0.3, -0.25) is 4.79 Å². The molecular weight excluding hydrogens is 404 g/mol. The first-order valence-corrected chi connectivity index (χ1v) is 11.9. The van der Waals surface area contributed by atoms with Gasteiger partial charge < -0.3 is 5.11 Å². The minimum Gasteiger partial charge on any atom is -0.481 e. The molecule has 8 radical (unpaired) electrons. The Morgan fingerprint density at radius 1 is 0.900 bits per heavy atom. The number of carboxylic acids is 1. The van der Waals surface area contributed by atoms with Crippen LogP contribution in [0.25, 0.3) is 0 Å². The number of aliphatic carboxylic acids is 1. The molecule has 0 heterocycles. The molecular formula is C22H24B4O2S2. The summed E-state index contributed by atoms with van der Waals surface area (Å²) >= 11 is 3.26. The summed E-state index contributed by atoms with van der Waals surface area (Å²) in [6.07, 6.45) is 1.30. The van der Waals surface area contributed by atoms with Crippen LogP contribution in [0.15, 0.2) is 60.7 Å². The highest BCUT2D eigenvalue weighted by atomic mass is 32.2. The Bertz CT molecular complexity index is 773. The van der Waals surface area contributed by atoms with Crippen molar-refractivity contribution in [2.75, 3.05) is 0 Å². The molecule has 8 heteroatoms. The van der Waals surface area contributed by atoms with E-state index in [1.54, 1.807) is 11.8 Å². The van der Waals surface area contributed by atoms with Crippen LogP contribution in [0.2, 0.25) is 5.21 Å². The summed E-state index contributed by atoms with van der Waals surface area (Å²) in [7, 11) is 24.8. The van der Waals surface area contributed by atoms with E-state index >= 15 is 0 Å². The van der Waals surface area contributed by atoms with Crippen molar-refractivity contribution in [2.45, 2.75) is 52.2 Å². The second kappa shape index (κ2) is 12.0. The zero-order chi connectivity index (χ0) is 22.0. The molecule has 1 atom stereocenters. The standard InChI is InChI=1S/C22H24B4O2S2/c23-21(24,14-20(27)28)12-11-19(29-15-17-7-3-1-4-8-17)13-22(25,26)30-16-18-9-5-2-6-10-18/h1-10,19H,11-16H2,(H,27,28). The maximum absolute atomic E-state index is 11.0. The summed E-state index contributed by atoms with van der Waals surface area (Å²) in [5.74, 6) is 0.533. The molecule has 0 fully saturated rings. The van der Waals surface area contributed by atoms with Crippen LogP contribution in [0.4, 0.5) is 0 Å². The van der Waals surface area contributed by atoms with Gasteiger partial charge >= 0.3 is 5.97 Å². The fourth-order valence-electron chi connectivity index (χ4n) is 3.04. The summed E-state index contributed by atoms with van der Waals surface area (Å²) < 4.78 is -0.914. The van der Waals surface area contributed by atoms with Crippen LogP contribution < -0.4 is 0 Å². The van der Waals surface area contributed by atoms with Gasteiger partial charge in [-0.1, -0.05) is 76.8 Å². The van der Waals surface area contributed by atoms with Gasteiger partial charge in [0.05, 0.1) is 31.4 Å². The Balaban J connectivity index is 1.98. The molecule has 0 aliphatic heterocycles. The lowest BCUT2D eigenvalue weighted by Gasteiger charge is -2.32. The molecule has 1 unspecified atom stereocenters. The Hall–Kier alpha value is -1.13. The predicted octanol–water partition coefficient (Wildman–Crippen LogP) is 4.31. The van der Waals surface area contributed by atoms with Crippen LogP contribution in [0.1, 0.15) is 36.8 Å². The summed E-state index contributed by atoms with van der Waals surface area (Å²) in [6, 6.07) is 20.2. The van der Waals surface area contributed by atoms with E-state index in [-0.39, 0.29) is 11.7 Å². The van der Waals surface area contributed by atoms with Gasteiger partial charge in [0.25, 0.3) is 0 Å². The smallest absolute Gasteiger partial charge is 0.302 e. The summed E-state index contributed by atoms with van der Waals surface area (Å²) in [4.78, 5) is 11.0. The number of benzene rings is 2. The minimum absolute atomic E-state index is 0.101. The van der Waals surface area contributed by atoms with Gasteiger partial charge in [0, 0.05) is 23.2 Å². The second-order valence-corrected chi connectivity index (χ2v) is 10.3. The number of thioether (sulfide) groups is 2. The lowest BCUT2D eigenvalue weighted by Crippen LogP contribution is -2.31. The number of hydrogen-bond donors (Lipinski definition) is 1. The Morgan fingerprint density at radius 2 is 1.43 bits per heavy atom. The van der Waals surface area contributed by atoms with Gasteiger partial charge in [0.1, 0.15) is 0 Å². The molecule has 0 saturated heterocycles. The van der Waals surface area contributed by atoms with Crippen LogP contribution in [-0.4, -0.2) is 52.3 Å². The van der Waals surface area contributed by atoms with Crippen LogP contribution in [0.5, 0.6) is 0 Å². The molecule has 0 aliphatic rings. The van der Waals surface area contributed by atoms with Crippen LogP contribution in [0.3, 0.4) is 0 Å². The van der Waals surface area contributed by atoms with E-state index in [0.717, 1.165) is 11.5 Å². The fourth-order valence-corrected chi connectivity index (χ4v) is 5.39. The molecule has 0 spiro atoms. The van der Waals surface area contributed by atoms with Crippen molar-refractivity contribution in [3.63, 3.8) is 0 Å². The van der Waals surface area contributed by atoms with Gasteiger partial charge in [-0.2, -0.15) is 23.5 Å². The van der Waals surface area contributed by atoms with E-state index in [0.29, 0.717) is 19.3 Å². The SMILES string of the molecule is [B]C([B])(CCC(CC([B])([B])SCc1ccccc1)SCc1ccccc1)CC(=O)O. The molecule has 1 N–H and O–H groups in total. The Morgan fingerprint density at radius 3 is 1.97 bits per heavy atom. The van der Waals surface area contributed by atoms with Gasteiger partial charge in [0.2, 0.25) is 0 Å². The molecule has 2 aromatic carbocycles. The predicted molar refractivity (Wildman–Crippen MR) is 134 cm³/mol. The van der Waals surface area contributed by atoms with Crippen molar-refractivity contribution in [1.29, 1.82) is 0 Å². The van der Waals surface area contributed by atoms with E-state index in [2.05, 4.69) is 12.1 Å². The molecule has 0 saturated carbocycles. The highest BCUT2D eigenvalue weighted by Gasteiger charge is 2.27. The normalized spacial score (nSPS) is 13.1. The maximum atomic E-state index is 11.0. The Kier molecular flexibility index (Phi) is 10.1. The molecule has 30 heavy (non-hydrogen) atoms. The van der Waals surface area contributed by atoms with E-state index in [1.807, 2.05) is 48.5 Å². The Labute approximate surface area is 194 Å². The summed E-state index contributed by atoms with van der Waals surface area (Å²) in [6.45, 7) is 0. The van der Waals surface area contributed by atoms with Crippen LogP contribution >= 0.6 is 23.5 Å². The molecule has 148 valence electrons. The quantitative estimate of drug-likeness (QED) is 0.483. The fraction of sp³-hybridized carbons (Fsp3) is 0.409. The molecule has 0 aromatic heterocycles. The van der Waals surface area contributed by atoms with Crippen LogP contribution in [-0.2, 0) is 16.3 Å². The zero-order valence-electron chi connectivity index (χ0n) is 17.1. The molecule has 0 bridgehead atoms. The van der Waals surface area contributed by atoms with E-state index in [9.17, 15) is 4.79 Å². The summed E-state index contributed by atoms with van der Waals surface area (Å²) in [5.41, 5.74) is 2.38. The van der Waals surface area contributed by atoms with Crippen molar-refractivity contribution < 1.29 is 9.90 Å². The number of hydrogen-bond acceptors (Lipinski definition) is 3. The van der Waals surface area contributed by atoms with E-state index in [1.165, 1.54) is 22.9 Å². The first-order chi connectivity index (χ1) is 14.2. The lowest BCUT2D eigenvalue weighted by molar-refractivity contribution is -0.137. The average molecular weight is 428 g/mol. The first-order valence-electron chi connectivity index (χ1n) is 9.86. The molecule has 2 nitrogen and oxygen atoms in total. The maximum Gasteiger partial charge on any atom is 0.302 e. The van der Waals surface area contributed by atoms with Gasteiger partial charge in [-0.15, -0.1) is 0 Å². The number of carboxylic acid groups (broad SMARTS) is 1. The lowest BCUT2D eigenvalue weighted by atomic mass is 9.50. The van der Waals surface area contributed by atoms with Crippen molar-refractivity contribution >= 4 is 60.9 Å². The second-order valence-electron chi connectivity index (χ2n) is 7.69. The van der Waals surface area contributed by atoms with E-state index in [4.69, 9.17) is 36.5 Å². The largest absolute Gasteiger partial charge is 0.481 e. The highest BCUT2D eigenvalue weighted by Crippen LogP contribution is 2.37. The zero-order valence-corrected chi connectivity index (χ0v) is 18.7. The van der Waals surface area contributed by atoms with Gasteiger partial charge in [-0.25, -0.2) is 0 Å². The highest BCUT2D eigenvalue weighted by molar-refractivity contribution is 8.02. The molecule has 2 rings (SSSR count). The topological polar surface area (TPSA) is 37.3 Å². The van der Waals surface area contributed by atoms with Crippen LogP contribution in [0, 0.1) is 0 Å². The third-order valence-corrected chi connectivity index (χ3v) is 7.19. The number of rotatable bonds is 13. The molecule has 0 aliphatic carbocycles. The monoisotopic (exact) mass is 428 g/mol.